The third kappa shape index (κ3) is 4.75. The van der Waals surface area contributed by atoms with Crippen molar-refractivity contribution in [3.05, 3.63) is 15.8 Å². The molecule has 4 nitrogen and oxygen atoms in total. The van der Waals surface area contributed by atoms with E-state index in [2.05, 4.69) is 0 Å². The van der Waals surface area contributed by atoms with Gasteiger partial charge in [-0.15, -0.1) is 11.3 Å². The van der Waals surface area contributed by atoms with Gasteiger partial charge in [0, 0.05) is 11.5 Å². The van der Waals surface area contributed by atoms with Crippen LogP contribution in [0.5, 0.6) is 5.75 Å². The molecule has 0 spiro atoms. The first-order chi connectivity index (χ1) is 8.15. The highest BCUT2D eigenvalue weighted by molar-refractivity contribution is 7.14. The summed E-state index contributed by atoms with van der Waals surface area (Å²) in [5.41, 5.74) is 0. The van der Waals surface area contributed by atoms with Gasteiger partial charge in [-0.25, -0.2) is 4.79 Å². The Hall–Kier alpha value is -1.07. The molecule has 0 saturated carbocycles. The summed E-state index contributed by atoms with van der Waals surface area (Å²) < 4.78 is 5.47. The molecule has 0 atom stereocenters. The lowest BCUT2D eigenvalue weighted by Gasteiger charge is -2.04. The van der Waals surface area contributed by atoms with Gasteiger partial charge in [-0.1, -0.05) is 6.42 Å². The molecule has 17 heavy (non-hydrogen) atoms. The van der Waals surface area contributed by atoms with E-state index in [-0.39, 0.29) is 11.5 Å². The van der Waals surface area contributed by atoms with Gasteiger partial charge < -0.3 is 14.9 Å². The monoisotopic (exact) mass is 258 g/mol. The Morgan fingerprint density at radius 3 is 2.71 bits per heavy atom. The van der Waals surface area contributed by atoms with Gasteiger partial charge in [0.1, 0.15) is 5.75 Å². The maximum Gasteiger partial charge on any atom is 0.349 e. The molecule has 1 heterocycles. The predicted molar refractivity (Wildman–Crippen MR) is 67.1 cm³/mol. The third-order valence-corrected chi connectivity index (χ3v) is 3.35. The highest BCUT2D eigenvalue weighted by Crippen LogP contribution is 2.28. The number of hydrogen-bond acceptors (Lipinski definition) is 4. The molecule has 0 radical (unpaired) electrons. The molecule has 0 fully saturated rings. The summed E-state index contributed by atoms with van der Waals surface area (Å²) in [5.74, 6) is -0.458. The van der Waals surface area contributed by atoms with Crippen molar-refractivity contribution in [1.29, 1.82) is 0 Å². The van der Waals surface area contributed by atoms with E-state index in [1.165, 1.54) is 11.3 Å². The molecule has 0 aliphatic carbocycles. The molecule has 0 aliphatic rings. The molecule has 1 aromatic heterocycles. The second-order valence-corrected chi connectivity index (χ2v) is 5.10. The van der Waals surface area contributed by atoms with E-state index in [0.29, 0.717) is 12.4 Å². The summed E-state index contributed by atoms with van der Waals surface area (Å²) in [4.78, 5) is 12.1. The third-order valence-electron chi connectivity index (χ3n) is 2.33. The molecular weight excluding hydrogens is 240 g/mol. The molecule has 0 amide bonds. The van der Waals surface area contributed by atoms with Gasteiger partial charge in [0.05, 0.1) is 6.61 Å². The summed E-state index contributed by atoms with van der Waals surface area (Å²) in [6.07, 6.45) is 3.67. The molecule has 0 aliphatic heterocycles. The van der Waals surface area contributed by atoms with E-state index in [4.69, 9.17) is 14.9 Å². The number of aromatic carboxylic acids is 1. The second-order valence-electron chi connectivity index (χ2n) is 3.84. The summed E-state index contributed by atoms with van der Waals surface area (Å²) in [6, 6.07) is 1.77. The van der Waals surface area contributed by atoms with Crippen molar-refractivity contribution in [3.63, 3.8) is 0 Å². The number of carboxylic acid groups (broad SMARTS) is 1. The van der Waals surface area contributed by atoms with Gasteiger partial charge in [0.15, 0.2) is 4.88 Å². The van der Waals surface area contributed by atoms with Gasteiger partial charge >= 0.3 is 5.97 Å². The van der Waals surface area contributed by atoms with Gasteiger partial charge in [-0.2, -0.15) is 0 Å². The van der Waals surface area contributed by atoms with Crippen LogP contribution >= 0.6 is 11.3 Å². The predicted octanol–water partition coefficient (Wildman–Crippen LogP) is 2.69. The molecule has 0 bridgehead atoms. The van der Waals surface area contributed by atoms with Gasteiger partial charge in [-0.05, 0) is 32.3 Å². The number of thiophene rings is 1. The van der Waals surface area contributed by atoms with Crippen molar-refractivity contribution in [3.8, 4) is 5.75 Å². The molecule has 1 rings (SSSR count). The Kier molecular flexibility index (Phi) is 6.00. The molecule has 2 N–H and O–H groups in total. The van der Waals surface area contributed by atoms with Crippen LogP contribution in [0, 0.1) is 6.92 Å². The van der Waals surface area contributed by atoms with Crippen LogP contribution in [0.1, 0.15) is 40.2 Å². The molecule has 5 heteroatoms. The SMILES string of the molecule is Cc1cc(OCCCCCCO)c(C(=O)O)s1. The Bertz CT molecular complexity index is 359. The Labute approximate surface area is 105 Å². The topological polar surface area (TPSA) is 66.8 Å². The number of hydrogen-bond donors (Lipinski definition) is 2. The molecule has 96 valence electrons. The van der Waals surface area contributed by atoms with Gasteiger partial charge in [0.2, 0.25) is 0 Å². The molecule has 0 aromatic carbocycles. The highest BCUT2D eigenvalue weighted by atomic mass is 32.1. The first kappa shape index (κ1) is 14.0. The van der Waals surface area contributed by atoms with Gasteiger partial charge in [-0.3, -0.25) is 0 Å². The lowest BCUT2D eigenvalue weighted by molar-refractivity contribution is 0.0698. The standard InChI is InChI=1S/C12H18O4S/c1-9-8-10(11(17-9)12(14)15)16-7-5-3-2-4-6-13/h8,13H,2-7H2,1H3,(H,14,15). The van der Waals surface area contributed by atoms with E-state index in [1.807, 2.05) is 6.92 Å². The minimum Gasteiger partial charge on any atom is -0.492 e. The maximum absolute atomic E-state index is 10.9. The van der Waals surface area contributed by atoms with E-state index in [1.54, 1.807) is 6.07 Å². The van der Waals surface area contributed by atoms with Crippen molar-refractivity contribution < 1.29 is 19.7 Å². The van der Waals surface area contributed by atoms with Crippen molar-refractivity contribution in [1.82, 2.24) is 0 Å². The zero-order chi connectivity index (χ0) is 12.7. The van der Waals surface area contributed by atoms with E-state index in [9.17, 15) is 4.79 Å². The van der Waals surface area contributed by atoms with Gasteiger partial charge in [0.25, 0.3) is 0 Å². The van der Waals surface area contributed by atoms with Crippen LogP contribution in [-0.4, -0.2) is 29.4 Å². The lowest BCUT2D eigenvalue weighted by Crippen LogP contribution is -2.01. The Balaban J connectivity index is 2.33. The number of aryl methyl sites for hydroxylation is 1. The van der Waals surface area contributed by atoms with E-state index < -0.39 is 5.97 Å². The number of rotatable bonds is 8. The minimum atomic E-state index is -0.932. The average molecular weight is 258 g/mol. The molecule has 1 aromatic rings. The van der Waals surface area contributed by atoms with Crippen LogP contribution in [0.25, 0.3) is 0 Å². The number of unbranched alkanes of at least 4 members (excludes halogenated alkanes) is 3. The summed E-state index contributed by atoms with van der Waals surface area (Å²) >= 11 is 1.24. The number of carboxylic acids is 1. The fourth-order valence-electron chi connectivity index (χ4n) is 1.50. The number of aliphatic hydroxyl groups excluding tert-OH is 1. The van der Waals surface area contributed by atoms with Crippen molar-refractivity contribution in [2.24, 2.45) is 0 Å². The fourth-order valence-corrected chi connectivity index (χ4v) is 2.29. The zero-order valence-electron chi connectivity index (χ0n) is 9.94. The van der Waals surface area contributed by atoms with E-state index in [0.717, 1.165) is 30.6 Å². The largest absolute Gasteiger partial charge is 0.492 e. The Morgan fingerprint density at radius 2 is 2.06 bits per heavy atom. The average Bonchev–Trinajstić information content (AvgIpc) is 2.65. The van der Waals surface area contributed by atoms with Crippen LogP contribution in [-0.2, 0) is 0 Å². The normalized spacial score (nSPS) is 10.5. The van der Waals surface area contributed by atoms with Crippen LogP contribution in [0.4, 0.5) is 0 Å². The Morgan fingerprint density at radius 1 is 1.35 bits per heavy atom. The van der Waals surface area contributed by atoms with Crippen molar-refractivity contribution in [2.75, 3.05) is 13.2 Å². The molecule has 0 unspecified atom stereocenters. The summed E-state index contributed by atoms with van der Waals surface area (Å²) in [6.45, 7) is 2.63. The highest BCUT2D eigenvalue weighted by Gasteiger charge is 2.14. The second kappa shape index (κ2) is 7.29. The quantitative estimate of drug-likeness (QED) is 0.703. The first-order valence-electron chi connectivity index (χ1n) is 5.72. The molecular formula is C12H18O4S. The van der Waals surface area contributed by atoms with Crippen LogP contribution in [0.2, 0.25) is 0 Å². The summed E-state index contributed by atoms with van der Waals surface area (Å²) in [5, 5.41) is 17.6. The maximum atomic E-state index is 10.9. The zero-order valence-corrected chi connectivity index (χ0v) is 10.8. The number of aliphatic hydroxyl groups is 1. The lowest BCUT2D eigenvalue weighted by atomic mass is 10.2. The van der Waals surface area contributed by atoms with Crippen LogP contribution < -0.4 is 4.74 Å². The molecule has 0 saturated heterocycles. The van der Waals surface area contributed by atoms with Crippen molar-refractivity contribution in [2.45, 2.75) is 32.6 Å². The first-order valence-corrected chi connectivity index (χ1v) is 6.54. The van der Waals surface area contributed by atoms with Crippen LogP contribution in [0.3, 0.4) is 0 Å². The smallest absolute Gasteiger partial charge is 0.349 e. The number of carbonyl (C=O) groups is 1. The fraction of sp³-hybridized carbons (Fsp3) is 0.583. The number of ether oxygens (including phenoxy) is 1. The van der Waals surface area contributed by atoms with E-state index >= 15 is 0 Å². The minimum absolute atomic E-state index is 0.230. The van der Waals surface area contributed by atoms with Crippen molar-refractivity contribution >= 4 is 17.3 Å². The van der Waals surface area contributed by atoms with Crippen LogP contribution in [0.15, 0.2) is 6.07 Å². The summed E-state index contributed by atoms with van der Waals surface area (Å²) in [7, 11) is 0.